The second-order valence-electron chi connectivity index (χ2n) is 2.63. The van der Waals surface area contributed by atoms with Crippen molar-refractivity contribution in [3.8, 4) is 0 Å². The summed E-state index contributed by atoms with van der Waals surface area (Å²) in [6.07, 6.45) is 1.69. The molecule has 0 saturated carbocycles. The Hall–Kier alpha value is -1.07. The molecule has 0 spiro atoms. The van der Waals surface area contributed by atoms with Gasteiger partial charge in [-0.15, -0.1) is 23.1 Å². The van der Waals surface area contributed by atoms with E-state index in [0.717, 1.165) is 11.4 Å². The van der Waals surface area contributed by atoms with Gasteiger partial charge in [0.25, 0.3) is 0 Å². The largest absolute Gasteiger partial charge is 0.368 e. The summed E-state index contributed by atoms with van der Waals surface area (Å²) < 4.78 is 1.29. The van der Waals surface area contributed by atoms with Crippen molar-refractivity contribution >= 4 is 29.0 Å². The number of hydrogen-bond donors (Lipinski definition) is 1. The predicted molar refractivity (Wildman–Crippen MR) is 60.3 cm³/mol. The molecule has 0 aromatic carbocycles. The monoisotopic (exact) mass is 223 g/mol. The van der Waals surface area contributed by atoms with E-state index >= 15 is 0 Å². The van der Waals surface area contributed by atoms with Gasteiger partial charge >= 0.3 is 0 Å². The van der Waals surface area contributed by atoms with Gasteiger partial charge in [-0.1, -0.05) is 6.07 Å². The van der Waals surface area contributed by atoms with Crippen LogP contribution in [0.5, 0.6) is 0 Å². The quantitative estimate of drug-likeness (QED) is 0.812. The molecule has 0 aliphatic heterocycles. The molecule has 0 saturated heterocycles. The Labute approximate surface area is 90.4 Å². The van der Waals surface area contributed by atoms with Crippen molar-refractivity contribution < 1.29 is 0 Å². The van der Waals surface area contributed by atoms with Crippen molar-refractivity contribution in [1.82, 2.24) is 9.97 Å². The lowest BCUT2D eigenvalue weighted by molar-refractivity contribution is 1.10. The van der Waals surface area contributed by atoms with Crippen molar-refractivity contribution in [3.05, 3.63) is 35.5 Å². The van der Waals surface area contributed by atoms with Gasteiger partial charge in [-0.05, 0) is 17.5 Å². The first kappa shape index (κ1) is 9.48. The Balaban J connectivity index is 1.98. The molecule has 2 heterocycles. The highest BCUT2D eigenvalue weighted by Gasteiger charge is 1.98. The molecule has 72 valence electrons. The van der Waals surface area contributed by atoms with Gasteiger partial charge in [-0.3, -0.25) is 0 Å². The smallest absolute Gasteiger partial charge is 0.220 e. The molecule has 0 aliphatic rings. The van der Waals surface area contributed by atoms with Crippen LogP contribution < -0.4 is 5.73 Å². The third kappa shape index (κ3) is 2.46. The number of nitrogens with zero attached hydrogens (tertiary/aromatic N) is 2. The van der Waals surface area contributed by atoms with Crippen molar-refractivity contribution in [2.45, 2.75) is 9.96 Å². The van der Waals surface area contributed by atoms with Crippen molar-refractivity contribution in [2.24, 2.45) is 0 Å². The van der Waals surface area contributed by atoms with Crippen LogP contribution in [0.25, 0.3) is 0 Å². The fourth-order valence-electron chi connectivity index (χ4n) is 0.984. The first-order valence-corrected chi connectivity index (χ1v) is 5.95. The minimum Gasteiger partial charge on any atom is -0.368 e. The van der Waals surface area contributed by atoms with E-state index in [0.29, 0.717) is 5.95 Å². The standard InChI is InChI=1S/C9H9N3S2/c10-9-11-4-3-7(12-9)6-14-8-2-1-5-13-8/h1-5H,6H2,(H2,10,11,12). The molecule has 0 fully saturated rings. The van der Waals surface area contributed by atoms with Crippen LogP contribution in [0.2, 0.25) is 0 Å². The molecule has 0 radical (unpaired) electrons. The molecule has 0 atom stereocenters. The van der Waals surface area contributed by atoms with Crippen LogP contribution in [0.3, 0.4) is 0 Å². The number of thiophene rings is 1. The predicted octanol–water partition coefficient (Wildman–Crippen LogP) is 2.41. The normalized spacial score (nSPS) is 10.3. The van der Waals surface area contributed by atoms with Crippen molar-refractivity contribution in [1.29, 1.82) is 0 Å². The van der Waals surface area contributed by atoms with Gasteiger partial charge in [0.05, 0.1) is 9.90 Å². The molecule has 2 aromatic rings. The summed E-state index contributed by atoms with van der Waals surface area (Å²) in [5, 5.41) is 2.07. The maximum absolute atomic E-state index is 5.48. The van der Waals surface area contributed by atoms with E-state index < -0.39 is 0 Å². The summed E-state index contributed by atoms with van der Waals surface area (Å²) >= 11 is 3.50. The van der Waals surface area contributed by atoms with Crippen molar-refractivity contribution in [3.63, 3.8) is 0 Å². The molecule has 0 aliphatic carbocycles. The summed E-state index contributed by atoms with van der Waals surface area (Å²) in [6, 6.07) is 6.03. The second-order valence-corrected chi connectivity index (χ2v) is 4.85. The summed E-state index contributed by atoms with van der Waals surface area (Å²) in [5.41, 5.74) is 6.45. The first-order valence-electron chi connectivity index (χ1n) is 4.08. The average Bonchev–Trinajstić information content (AvgIpc) is 2.67. The lowest BCUT2D eigenvalue weighted by atomic mass is 10.5. The van der Waals surface area contributed by atoms with E-state index in [1.54, 1.807) is 29.3 Å². The van der Waals surface area contributed by atoms with Crippen LogP contribution in [0.1, 0.15) is 5.69 Å². The Morgan fingerprint density at radius 1 is 1.43 bits per heavy atom. The van der Waals surface area contributed by atoms with Crippen LogP contribution in [0.15, 0.2) is 34.0 Å². The van der Waals surface area contributed by atoms with Crippen LogP contribution in [0, 0.1) is 0 Å². The molecule has 0 bridgehead atoms. The zero-order valence-corrected chi connectivity index (χ0v) is 9.02. The van der Waals surface area contributed by atoms with E-state index in [2.05, 4.69) is 21.4 Å². The van der Waals surface area contributed by atoms with Gasteiger partial charge in [0.1, 0.15) is 0 Å². The number of aromatic nitrogens is 2. The molecule has 2 aromatic heterocycles. The van der Waals surface area contributed by atoms with E-state index in [1.807, 2.05) is 12.1 Å². The number of anilines is 1. The maximum Gasteiger partial charge on any atom is 0.220 e. The number of thioether (sulfide) groups is 1. The first-order chi connectivity index (χ1) is 6.84. The van der Waals surface area contributed by atoms with E-state index in [-0.39, 0.29) is 0 Å². The van der Waals surface area contributed by atoms with E-state index in [1.165, 1.54) is 4.21 Å². The van der Waals surface area contributed by atoms with Gasteiger partial charge in [0.15, 0.2) is 0 Å². The molecule has 3 nitrogen and oxygen atoms in total. The summed E-state index contributed by atoms with van der Waals surface area (Å²) in [5.74, 6) is 1.18. The summed E-state index contributed by atoms with van der Waals surface area (Å²) in [7, 11) is 0. The van der Waals surface area contributed by atoms with Crippen LogP contribution in [-0.2, 0) is 5.75 Å². The van der Waals surface area contributed by atoms with E-state index in [4.69, 9.17) is 5.73 Å². The van der Waals surface area contributed by atoms with E-state index in [9.17, 15) is 0 Å². The van der Waals surface area contributed by atoms with Gasteiger partial charge in [-0.25, -0.2) is 9.97 Å². The van der Waals surface area contributed by atoms with Gasteiger partial charge in [0, 0.05) is 11.9 Å². The fraction of sp³-hybridized carbons (Fsp3) is 0.111. The van der Waals surface area contributed by atoms with Gasteiger partial charge in [-0.2, -0.15) is 0 Å². The topological polar surface area (TPSA) is 51.8 Å². The number of nitrogen functional groups attached to an aromatic ring is 1. The molecular weight excluding hydrogens is 214 g/mol. The second kappa shape index (κ2) is 4.43. The average molecular weight is 223 g/mol. The minimum absolute atomic E-state index is 0.342. The highest BCUT2D eigenvalue weighted by molar-refractivity contribution is 8.00. The zero-order chi connectivity index (χ0) is 9.80. The highest BCUT2D eigenvalue weighted by atomic mass is 32.2. The zero-order valence-electron chi connectivity index (χ0n) is 7.38. The SMILES string of the molecule is Nc1nccc(CSc2cccs2)n1. The molecule has 2 rings (SSSR count). The molecule has 5 heteroatoms. The molecular formula is C9H9N3S2. The van der Waals surface area contributed by atoms with Crippen LogP contribution in [0.4, 0.5) is 5.95 Å². The maximum atomic E-state index is 5.48. The lowest BCUT2D eigenvalue weighted by Crippen LogP contribution is -1.96. The van der Waals surface area contributed by atoms with Crippen LogP contribution in [-0.4, -0.2) is 9.97 Å². The molecule has 2 N–H and O–H groups in total. The lowest BCUT2D eigenvalue weighted by Gasteiger charge is -1.98. The van der Waals surface area contributed by atoms with Gasteiger partial charge < -0.3 is 5.73 Å². The Morgan fingerprint density at radius 3 is 3.07 bits per heavy atom. The third-order valence-electron chi connectivity index (χ3n) is 1.59. The molecule has 14 heavy (non-hydrogen) atoms. The van der Waals surface area contributed by atoms with Gasteiger partial charge in [0.2, 0.25) is 5.95 Å². The number of rotatable bonds is 3. The molecule has 0 amide bonds. The third-order valence-corrected chi connectivity index (χ3v) is 3.75. The Bertz CT molecular complexity index is 400. The summed E-state index contributed by atoms with van der Waals surface area (Å²) in [4.78, 5) is 7.97. The Kier molecular flexibility index (Phi) is 3.00. The molecule has 0 unspecified atom stereocenters. The fourth-order valence-corrected chi connectivity index (χ4v) is 2.67. The van der Waals surface area contributed by atoms with Crippen LogP contribution >= 0.6 is 23.1 Å². The Morgan fingerprint density at radius 2 is 2.36 bits per heavy atom. The minimum atomic E-state index is 0.342. The highest BCUT2D eigenvalue weighted by Crippen LogP contribution is 2.26. The number of nitrogens with two attached hydrogens (primary N) is 1. The number of hydrogen-bond acceptors (Lipinski definition) is 5. The van der Waals surface area contributed by atoms with Crippen molar-refractivity contribution in [2.75, 3.05) is 5.73 Å². The summed E-state index contributed by atoms with van der Waals surface area (Å²) in [6.45, 7) is 0.